The topological polar surface area (TPSA) is 60.3 Å². The summed E-state index contributed by atoms with van der Waals surface area (Å²) in [5, 5.41) is 13.3. The Kier molecular flexibility index (Phi) is 7.35. The van der Waals surface area contributed by atoms with E-state index >= 15 is 0 Å². The lowest BCUT2D eigenvalue weighted by molar-refractivity contribution is 0.164. The van der Waals surface area contributed by atoms with Crippen molar-refractivity contribution in [3.63, 3.8) is 0 Å². The Hall–Kier alpha value is -1.79. The van der Waals surface area contributed by atoms with Gasteiger partial charge in [0.1, 0.15) is 5.75 Å². The minimum Gasteiger partial charge on any atom is -0.496 e. The van der Waals surface area contributed by atoms with Gasteiger partial charge in [0.2, 0.25) is 0 Å². The van der Waals surface area contributed by atoms with Crippen molar-refractivity contribution in [2.45, 2.75) is 44.8 Å². The second-order valence-electron chi connectivity index (χ2n) is 7.44. The van der Waals surface area contributed by atoms with Gasteiger partial charge in [-0.3, -0.25) is 9.89 Å². The summed E-state index contributed by atoms with van der Waals surface area (Å²) < 4.78 is 5.65. The van der Waals surface area contributed by atoms with E-state index in [-0.39, 0.29) is 12.1 Å². The summed E-state index contributed by atoms with van der Waals surface area (Å²) in [5.41, 5.74) is 1.21. The Morgan fingerprint density at radius 3 is 2.70 bits per heavy atom. The number of nitrogens with one attached hydrogen (secondary N) is 1. The van der Waals surface area contributed by atoms with Gasteiger partial charge in [-0.2, -0.15) is 0 Å². The van der Waals surface area contributed by atoms with Crippen molar-refractivity contribution < 1.29 is 9.84 Å². The van der Waals surface area contributed by atoms with Crippen LogP contribution < -0.4 is 10.1 Å². The summed E-state index contributed by atoms with van der Waals surface area (Å²) in [6, 6.07) is 8.52. The summed E-state index contributed by atoms with van der Waals surface area (Å²) in [6.45, 7) is 7.34. The molecule has 0 radical (unpaired) electrons. The largest absolute Gasteiger partial charge is 0.496 e. The van der Waals surface area contributed by atoms with Crippen molar-refractivity contribution >= 4 is 5.96 Å². The molecule has 2 atom stereocenters. The first-order valence-corrected chi connectivity index (χ1v) is 10.3. The normalized spacial score (nSPS) is 22.7. The Morgan fingerprint density at radius 2 is 2.04 bits per heavy atom. The van der Waals surface area contributed by atoms with Crippen LogP contribution in [0.3, 0.4) is 0 Å². The number of piperidine rings is 1. The Morgan fingerprint density at radius 1 is 1.26 bits per heavy atom. The summed E-state index contributed by atoms with van der Waals surface area (Å²) in [5.74, 6) is 1.84. The maximum Gasteiger partial charge on any atom is 0.194 e. The van der Waals surface area contributed by atoms with E-state index in [0.717, 1.165) is 44.3 Å². The van der Waals surface area contributed by atoms with Crippen LogP contribution >= 0.6 is 0 Å². The third-order valence-corrected chi connectivity index (χ3v) is 5.54. The molecule has 0 amide bonds. The van der Waals surface area contributed by atoms with Gasteiger partial charge >= 0.3 is 0 Å². The summed E-state index contributed by atoms with van der Waals surface area (Å²) >= 11 is 0. The molecule has 2 heterocycles. The number of guanidine groups is 1. The number of aliphatic hydroxyl groups excluding tert-OH is 1. The number of para-hydroxylation sites is 1. The molecular formula is C21H34N4O2. The van der Waals surface area contributed by atoms with E-state index in [2.05, 4.69) is 34.2 Å². The van der Waals surface area contributed by atoms with Gasteiger partial charge < -0.3 is 20.1 Å². The van der Waals surface area contributed by atoms with Crippen LogP contribution in [0.1, 0.15) is 44.2 Å². The molecule has 0 aliphatic carbocycles. The minimum atomic E-state index is -0.249. The lowest BCUT2D eigenvalue weighted by Gasteiger charge is -2.35. The fourth-order valence-electron chi connectivity index (χ4n) is 4.12. The average Bonchev–Trinajstić information content (AvgIpc) is 3.14. The molecule has 1 aromatic carbocycles. The molecular weight excluding hydrogens is 340 g/mol. The van der Waals surface area contributed by atoms with Gasteiger partial charge in [0.15, 0.2) is 5.96 Å². The van der Waals surface area contributed by atoms with Crippen LogP contribution in [0.5, 0.6) is 5.75 Å². The highest BCUT2D eigenvalue weighted by molar-refractivity contribution is 5.80. The highest BCUT2D eigenvalue weighted by Crippen LogP contribution is 2.31. The molecule has 2 fully saturated rings. The SMILES string of the molecule is CCNC(=NCC(c1ccccc1OC)N1CCCCC1)N1CC[C@@H](O)C1. The average molecular weight is 375 g/mol. The van der Waals surface area contributed by atoms with E-state index in [1.165, 1.54) is 24.8 Å². The summed E-state index contributed by atoms with van der Waals surface area (Å²) in [6.07, 6.45) is 4.36. The molecule has 150 valence electrons. The second kappa shape index (κ2) is 9.95. The van der Waals surface area contributed by atoms with E-state index in [1.54, 1.807) is 7.11 Å². The molecule has 0 aromatic heterocycles. The van der Waals surface area contributed by atoms with Crippen LogP contribution in [-0.2, 0) is 0 Å². The van der Waals surface area contributed by atoms with E-state index < -0.39 is 0 Å². The van der Waals surface area contributed by atoms with E-state index in [9.17, 15) is 5.11 Å². The van der Waals surface area contributed by atoms with Gasteiger partial charge in [-0.25, -0.2) is 0 Å². The van der Waals surface area contributed by atoms with Crippen molar-refractivity contribution in [2.24, 2.45) is 4.99 Å². The first-order valence-electron chi connectivity index (χ1n) is 10.3. The van der Waals surface area contributed by atoms with Gasteiger partial charge in [0.25, 0.3) is 0 Å². The Balaban J connectivity index is 1.83. The number of benzene rings is 1. The van der Waals surface area contributed by atoms with Crippen molar-refractivity contribution in [1.29, 1.82) is 0 Å². The van der Waals surface area contributed by atoms with Crippen LogP contribution in [0.2, 0.25) is 0 Å². The first kappa shape index (κ1) is 20.0. The number of nitrogens with zero attached hydrogens (tertiary/aromatic N) is 3. The summed E-state index contributed by atoms with van der Waals surface area (Å²) in [4.78, 5) is 9.70. The zero-order valence-electron chi connectivity index (χ0n) is 16.7. The number of likely N-dealkylation sites (tertiary alicyclic amines) is 2. The third-order valence-electron chi connectivity index (χ3n) is 5.54. The number of hydrogen-bond acceptors (Lipinski definition) is 4. The van der Waals surface area contributed by atoms with Gasteiger partial charge in [0.05, 0.1) is 25.8 Å². The van der Waals surface area contributed by atoms with Crippen LogP contribution in [0.25, 0.3) is 0 Å². The molecule has 27 heavy (non-hydrogen) atoms. The van der Waals surface area contributed by atoms with E-state index in [4.69, 9.17) is 9.73 Å². The van der Waals surface area contributed by atoms with Crippen LogP contribution in [-0.4, -0.2) is 73.3 Å². The number of aliphatic imine (C=N–C) groups is 1. The van der Waals surface area contributed by atoms with Gasteiger partial charge in [-0.15, -0.1) is 0 Å². The molecule has 1 aromatic rings. The van der Waals surface area contributed by atoms with Gasteiger partial charge in [-0.05, 0) is 45.3 Å². The zero-order valence-corrected chi connectivity index (χ0v) is 16.7. The predicted octanol–water partition coefficient (Wildman–Crippen LogP) is 2.25. The number of aliphatic hydroxyl groups is 1. The Labute approximate surface area is 163 Å². The second-order valence-corrected chi connectivity index (χ2v) is 7.44. The molecule has 2 aliphatic rings. The van der Waals surface area contributed by atoms with Crippen LogP contribution in [0.4, 0.5) is 0 Å². The number of methoxy groups -OCH3 is 1. The molecule has 2 N–H and O–H groups in total. The maximum absolute atomic E-state index is 9.90. The third kappa shape index (κ3) is 5.14. The molecule has 6 heteroatoms. The van der Waals surface area contributed by atoms with E-state index in [1.807, 2.05) is 12.1 Å². The minimum absolute atomic E-state index is 0.211. The van der Waals surface area contributed by atoms with Crippen LogP contribution in [0.15, 0.2) is 29.3 Å². The molecule has 0 bridgehead atoms. The van der Waals surface area contributed by atoms with Crippen molar-refractivity contribution in [3.8, 4) is 5.75 Å². The fourth-order valence-corrected chi connectivity index (χ4v) is 4.12. The standard InChI is InChI=1S/C21H34N4O2/c1-3-22-21(25-14-11-17(26)16-25)23-15-19(24-12-7-4-8-13-24)18-9-5-6-10-20(18)27-2/h5-6,9-10,17,19,26H,3-4,7-8,11-16H2,1-2H3,(H,22,23)/t17-,19?/m1/s1. The lowest BCUT2D eigenvalue weighted by atomic mass is 10.0. The molecule has 0 spiro atoms. The molecule has 2 saturated heterocycles. The first-order chi connectivity index (χ1) is 13.2. The summed E-state index contributed by atoms with van der Waals surface area (Å²) in [7, 11) is 1.74. The smallest absolute Gasteiger partial charge is 0.194 e. The fraction of sp³-hybridized carbons (Fsp3) is 0.667. The van der Waals surface area contributed by atoms with Crippen molar-refractivity contribution in [3.05, 3.63) is 29.8 Å². The van der Waals surface area contributed by atoms with Gasteiger partial charge in [-0.1, -0.05) is 24.6 Å². The Bertz CT molecular complexity index is 616. The molecule has 0 saturated carbocycles. The van der Waals surface area contributed by atoms with Crippen molar-refractivity contribution in [1.82, 2.24) is 15.1 Å². The quantitative estimate of drug-likeness (QED) is 0.591. The number of rotatable bonds is 6. The maximum atomic E-state index is 9.90. The molecule has 1 unspecified atom stereocenters. The predicted molar refractivity (Wildman–Crippen MR) is 109 cm³/mol. The number of ether oxygens (including phenoxy) is 1. The highest BCUT2D eigenvalue weighted by atomic mass is 16.5. The molecule has 6 nitrogen and oxygen atoms in total. The lowest BCUT2D eigenvalue weighted by Crippen LogP contribution is -2.41. The monoisotopic (exact) mass is 374 g/mol. The highest BCUT2D eigenvalue weighted by Gasteiger charge is 2.26. The number of hydrogen-bond donors (Lipinski definition) is 2. The van der Waals surface area contributed by atoms with Gasteiger partial charge in [0, 0.05) is 25.2 Å². The number of β-amino-alcohol motifs (C(OH)–C–C–N with tert-alkyl or cyclic N) is 1. The van der Waals surface area contributed by atoms with Crippen molar-refractivity contribution in [2.75, 3.05) is 46.4 Å². The van der Waals surface area contributed by atoms with Crippen LogP contribution in [0, 0.1) is 0 Å². The van der Waals surface area contributed by atoms with E-state index in [0.29, 0.717) is 13.1 Å². The molecule has 2 aliphatic heterocycles. The zero-order chi connectivity index (χ0) is 19.1. The molecule has 3 rings (SSSR count).